The zero-order valence-corrected chi connectivity index (χ0v) is 13.5. The molecular weight excluding hydrogens is 270 g/mol. The number of carbonyl (C=O) groups excluding carboxylic acids is 1. The molecule has 1 heterocycles. The number of aliphatic hydroxyl groups is 1. The summed E-state index contributed by atoms with van der Waals surface area (Å²) < 4.78 is 0. The maximum atomic E-state index is 12.6. The maximum Gasteiger partial charge on any atom is 0.264 e. The zero-order valence-electron chi connectivity index (χ0n) is 12.7. The molecule has 1 aliphatic rings. The quantitative estimate of drug-likeness (QED) is 0.925. The van der Waals surface area contributed by atoms with Crippen LogP contribution in [-0.2, 0) is 6.42 Å². The third-order valence-corrected chi connectivity index (χ3v) is 5.34. The van der Waals surface area contributed by atoms with Crippen LogP contribution in [0.1, 0.15) is 59.1 Å². The van der Waals surface area contributed by atoms with E-state index < -0.39 is 0 Å². The van der Waals surface area contributed by atoms with Gasteiger partial charge in [0.05, 0.1) is 17.0 Å². The predicted molar refractivity (Wildman–Crippen MR) is 83.4 cm³/mol. The molecule has 1 amide bonds. The summed E-state index contributed by atoms with van der Waals surface area (Å²) in [6.45, 7) is 4.24. The molecule has 2 rings (SSSR count). The van der Waals surface area contributed by atoms with Gasteiger partial charge in [-0.15, -0.1) is 11.3 Å². The molecule has 0 spiro atoms. The van der Waals surface area contributed by atoms with Gasteiger partial charge in [-0.3, -0.25) is 4.79 Å². The first kappa shape index (κ1) is 15.5. The molecule has 3 nitrogen and oxygen atoms in total. The minimum absolute atomic E-state index is 0.0201. The summed E-state index contributed by atoms with van der Waals surface area (Å²) in [5, 5.41) is 10.1. The second kappa shape index (κ2) is 6.72. The monoisotopic (exact) mass is 295 g/mol. The first-order valence-corrected chi connectivity index (χ1v) is 8.40. The van der Waals surface area contributed by atoms with Crippen molar-refractivity contribution in [1.82, 2.24) is 4.90 Å². The number of rotatable bonds is 4. The van der Waals surface area contributed by atoms with Crippen LogP contribution in [0.3, 0.4) is 0 Å². The van der Waals surface area contributed by atoms with E-state index in [2.05, 4.69) is 13.8 Å². The van der Waals surface area contributed by atoms with Crippen molar-refractivity contribution in [3.05, 3.63) is 21.4 Å². The highest BCUT2D eigenvalue weighted by Crippen LogP contribution is 2.27. The molecule has 2 unspecified atom stereocenters. The Hall–Kier alpha value is -0.870. The number of hydrogen-bond donors (Lipinski definition) is 1. The SMILES string of the molecule is CCCc1cc(C(=O)N(C)C2CCCCC2O)sc1C. The smallest absolute Gasteiger partial charge is 0.264 e. The van der Waals surface area contributed by atoms with Gasteiger partial charge in [0, 0.05) is 11.9 Å². The molecule has 0 radical (unpaired) electrons. The van der Waals surface area contributed by atoms with Crippen LogP contribution < -0.4 is 0 Å². The van der Waals surface area contributed by atoms with Gasteiger partial charge in [-0.25, -0.2) is 0 Å². The summed E-state index contributed by atoms with van der Waals surface area (Å²) in [5.74, 6) is 0.0615. The van der Waals surface area contributed by atoms with Gasteiger partial charge in [0.25, 0.3) is 5.91 Å². The van der Waals surface area contributed by atoms with Crippen LogP contribution in [0.2, 0.25) is 0 Å². The number of likely N-dealkylation sites (N-methyl/N-ethyl adjacent to an activating group) is 1. The van der Waals surface area contributed by atoms with E-state index >= 15 is 0 Å². The van der Waals surface area contributed by atoms with Gasteiger partial charge in [0.15, 0.2) is 0 Å². The van der Waals surface area contributed by atoms with Crippen LogP contribution in [0.25, 0.3) is 0 Å². The Balaban J connectivity index is 2.11. The Kier molecular flexibility index (Phi) is 5.22. The molecule has 0 aromatic carbocycles. The molecule has 0 saturated heterocycles. The first-order valence-electron chi connectivity index (χ1n) is 7.59. The summed E-state index contributed by atoms with van der Waals surface area (Å²) in [4.78, 5) is 16.4. The molecule has 0 aliphatic heterocycles. The molecular formula is C16H25NO2S. The lowest BCUT2D eigenvalue weighted by Crippen LogP contribution is -2.46. The van der Waals surface area contributed by atoms with Gasteiger partial charge in [-0.2, -0.15) is 0 Å². The van der Waals surface area contributed by atoms with E-state index in [9.17, 15) is 9.90 Å². The van der Waals surface area contributed by atoms with Crippen LogP contribution in [-0.4, -0.2) is 35.1 Å². The van der Waals surface area contributed by atoms with Crippen molar-refractivity contribution < 1.29 is 9.90 Å². The van der Waals surface area contributed by atoms with Gasteiger partial charge in [-0.05, 0) is 37.8 Å². The molecule has 0 bridgehead atoms. The largest absolute Gasteiger partial charge is 0.391 e. The molecule has 1 aliphatic carbocycles. The molecule has 2 atom stereocenters. The Morgan fingerprint density at radius 2 is 2.15 bits per heavy atom. The van der Waals surface area contributed by atoms with Crippen LogP contribution in [0, 0.1) is 6.92 Å². The highest BCUT2D eigenvalue weighted by atomic mass is 32.1. The zero-order chi connectivity index (χ0) is 14.7. The van der Waals surface area contributed by atoms with E-state index in [1.165, 1.54) is 10.4 Å². The van der Waals surface area contributed by atoms with Crippen molar-refractivity contribution in [2.75, 3.05) is 7.05 Å². The van der Waals surface area contributed by atoms with E-state index in [1.807, 2.05) is 13.1 Å². The third kappa shape index (κ3) is 3.23. The number of thiophene rings is 1. The number of aryl methyl sites for hydroxylation is 2. The highest BCUT2D eigenvalue weighted by molar-refractivity contribution is 7.14. The molecule has 112 valence electrons. The number of aliphatic hydroxyl groups excluding tert-OH is 1. The first-order chi connectivity index (χ1) is 9.54. The Morgan fingerprint density at radius 3 is 2.80 bits per heavy atom. The molecule has 1 aromatic rings. The number of nitrogens with zero attached hydrogens (tertiary/aromatic N) is 1. The van der Waals surface area contributed by atoms with E-state index in [4.69, 9.17) is 0 Å². The van der Waals surface area contributed by atoms with Crippen LogP contribution in [0.15, 0.2) is 6.07 Å². The standard InChI is InChI=1S/C16H25NO2S/c1-4-7-12-10-15(20-11(12)2)16(19)17(3)13-8-5-6-9-14(13)18/h10,13-14,18H,4-9H2,1-3H3. The van der Waals surface area contributed by atoms with Crippen molar-refractivity contribution in [1.29, 1.82) is 0 Å². The maximum absolute atomic E-state index is 12.6. The molecule has 4 heteroatoms. The van der Waals surface area contributed by atoms with Crippen molar-refractivity contribution in [2.45, 2.75) is 64.5 Å². The lowest BCUT2D eigenvalue weighted by molar-refractivity contribution is 0.0271. The van der Waals surface area contributed by atoms with E-state index in [0.29, 0.717) is 0 Å². The second-order valence-corrected chi connectivity index (χ2v) is 7.03. The topological polar surface area (TPSA) is 40.5 Å². The van der Waals surface area contributed by atoms with E-state index in [-0.39, 0.29) is 18.1 Å². The van der Waals surface area contributed by atoms with Crippen LogP contribution in [0.5, 0.6) is 0 Å². The minimum atomic E-state index is -0.367. The average Bonchev–Trinajstić information content (AvgIpc) is 2.80. The summed E-state index contributed by atoms with van der Waals surface area (Å²) in [7, 11) is 1.83. The lowest BCUT2D eigenvalue weighted by atomic mass is 9.91. The van der Waals surface area contributed by atoms with E-state index in [0.717, 1.165) is 43.4 Å². The predicted octanol–water partition coefficient (Wildman–Crippen LogP) is 3.38. The van der Waals surface area contributed by atoms with Crippen molar-refractivity contribution in [3.63, 3.8) is 0 Å². The lowest BCUT2D eigenvalue weighted by Gasteiger charge is -2.34. The molecule has 20 heavy (non-hydrogen) atoms. The Bertz CT molecular complexity index is 469. The van der Waals surface area contributed by atoms with Crippen molar-refractivity contribution >= 4 is 17.2 Å². The van der Waals surface area contributed by atoms with Crippen molar-refractivity contribution in [3.8, 4) is 0 Å². The summed E-state index contributed by atoms with van der Waals surface area (Å²) in [6, 6.07) is 2.02. The van der Waals surface area contributed by atoms with Crippen LogP contribution in [0.4, 0.5) is 0 Å². The summed E-state index contributed by atoms with van der Waals surface area (Å²) in [6.07, 6.45) is 5.66. The van der Waals surface area contributed by atoms with Crippen molar-refractivity contribution in [2.24, 2.45) is 0 Å². The minimum Gasteiger partial charge on any atom is -0.391 e. The molecule has 1 N–H and O–H groups in total. The Morgan fingerprint density at radius 1 is 1.45 bits per heavy atom. The van der Waals surface area contributed by atoms with Gasteiger partial charge >= 0.3 is 0 Å². The highest BCUT2D eigenvalue weighted by Gasteiger charge is 2.30. The summed E-state index contributed by atoms with van der Waals surface area (Å²) in [5.41, 5.74) is 1.29. The molecule has 1 fully saturated rings. The average molecular weight is 295 g/mol. The third-order valence-electron chi connectivity index (χ3n) is 4.26. The fraction of sp³-hybridized carbons (Fsp3) is 0.688. The van der Waals surface area contributed by atoms with Gasteiger partial charge < -0.3 is 10.0 Å². The number of amides is 1. The van der Waals surface area contributed by atoms with E-state index in [1.54, 1.807) is 16.2 Å². The van der Waals surface area contributed by atoms with Gasteiger partial charge in [0.2, 0.25) is 0 Å². The fourth-order valence-electron chi connectivity index (χ4n) is 3.01. The second-order valence-electron chi connectivity index (χ2n) is 5.78. The van der Waals surface area contributed by atoms with Crippen LogP contribution >= 0.6 is 11.3 Å². The molecule has 1 aromatic heterocycles. The molecule has 1 saturated carbocycles. The number of hydrogen-bond acceptors (Lipinski definition) is 3. The Labute approximate surface area is 125 Å². The fourth-order valence-corrected chi connectivity index (χ4v) is 4.07. The summed E-state index contributed by atoms with van der Waals surface area (Å²) >= 11 is 1.58. The van der Waals surface area contributed by atoms with Gasteiger partial charge in [-0.1, -0.05) is 26.2 Å². The number of carbonyl (C=O) groups is 1. The van der Waals surface area contributed by atoms with Gasteiger partial charge in [0.1, 0.15) is 0 Å². The normalized spacial score (nSPS) is 22.8.